The lowest BCUT2D eigenvalue weighted by Crippen LogP contribution is -2.33. The average molecular weight is 364 g/mol. The quantitative estimate of drug-likeness (QED) is 0.844. The zero-order valence-electron chi connectivity index (χ0n) is 12.3. The molecule has 20 heavy (non-hydrogen) atoms. The Hall–Kier alpha value is -0.430. The molecule has 0 aromatic heterocycles. The van der Waals surface area contributed by atoms with Crippen LogP contribution in [0.25, 0.3) is 0 Å². The van der Waals surface area contributed by atoms with E-state index in [9.17, 15) is 8.42 Å². The molecular formula is C14H22BrNO3S. The number of benzene rings is 1. The van der Waals surface area contributed by atoms with Crippen LogP contribution >= 0.6 is 15.9 Å². The Morgan fingerprint density at radius 3 is 2.45 bits per heavy atom. The zero-order valence-corrected chi connectivity index (χ0v) is 14.7. The lowest BCUT2D eigenvalue weighted by atomic mass is 9.82. The van der Waals surface area contributed by atoms with Crippen LogP contribution < -0.4 is 4.72 Å². The molecule has 0 heterocycles. The molecule has 2 N–H and O–H groups in total. The Kier molecular flexibility index (Phi) is 5.78. The largest absolute Gasteiger partial charge is 0.392 e. The van der Waals surface area contributed by atoms with Crippen molar-refractivity contribution in [2.75, 3.05) is 6.54 Å². The van der Waals surface area contributed by atoms with E-state index in [0.29, 0.717) is 16.6 Å². The highest BCUT2D eigenvalue weighted by atomic mass is 79.9. The predicted molar refractivity (Wildman–Crippen MR) is 83.9 cm³/mol. The molecule has 0 bridgehead atoms. The van der Waals surface area contributed by atoms with Crippen LogP contribution in [0.4, 0.5) is 0 Å². The summed E-state index contributed by atoms with van der Waals surface area (Å²) in [7, 11) is -3.59. The molecule has 1 aromatic carbocycles. The fourth-order valence-electron chi connectivity index (χ4n) is 1.47. The lowest BCUT2D eigenvalue weighted by Gasteiger charge is -2.27. The van der Waals surface area contributed by atoms with E-state index in [-0.39, 0.29) is 22.8 Å². The molecule has 0 fully saturated rings. The van der Waals surface area contributed by atoms with Crippen molar-refractivity contribution in [1.29, 1.82) is 0 Å². The third-order valence-electron chi connectivity index (χ3n) is 3.53. The van der Waals surface area contributed by atoms with E-state index in [0.717, 1.165) is 0 Å². The van der Waals surface area contributed by atoms with Gasteiger partial charge in [0, 0.05) is 11.0 Å². The van der Waals surface area contributed by atoms with Gasteiger partial charge < -0.3 is 5.11 Å². The molecule has 6 heteroatoms. The van der Waals surface area contributed by atoms with Gasteiger partial charge in [-0.3, -0.25) is 0 Å². The van der Waals surface area contributed by atoms with E-state index in [4.69, 9.17) is 5.11 Å². The van der Waals surface area contributed by atoms with Crippen LogP contribution in [-0.2, 0) is 16.6 Å². The second kappa shape index (κ2) is 6.56. The van der Waals surface area contributed by atoms with Crippen molar-refractivity contribution < 1.29 is 13.5 Å². The van der Waals surface area contributed by atoms with Crippen molar-refractivity contribution >= 4 is 26.0 Å². The second-order valence-electron chi connectivity index (χ2n) is 6.04. The fraction of sp³-hybridized carbons (Fsp3) is 0.571. The van der Waals surface area contributed by atoms with Gasteiger partial charge in [0.2, 0.25) is 10.0 Å². The number of halogens is 1. The van der Waals surface area contributed by atoms with Gasteiger partial charge in [0.05, 0.1) is 11.5 Å². The van der Waals surface area contributed by atoms with Crippen molar-refractivity contribution in [3.05, 3.63) is 28.2 Å². The van der Waals surface area contributed by atoms with Crippen LogP contribution in [0, 0.1) is 11.3 Å². The van der Waals surface area contributed by atoms with Crippen LogP contribution in [0.5, 0.6) is 0 Å². The molecular weight excluding hydrogens is 342 g/mol. The second-order valence-corrected chi connectivity index (χ2v) is 8.63. The maximum Gasteiger partial charge on any atom is 0.241 e. The number of sulfonamides is 1. The van der Waals surface area contributed by atoms with Gasteiger partial charge in [-0.25, -0.2) is 13.1 Å². The Bertz CT molecular complexity index is 564. The SMILES string of the molecule is CC(CNS(=O)(=O)c1cc(CO)ccc1Br)C(C)(C)C. The highest BCUT2D eigenvalue weighted by Gasteiger charge is 2.24. The molecule has 0 spiro atoms. The normalized spacial score (nSPS) is 14.3. The van der Waals surface area contributed by atoms with E-state index in [1.165, 1.54) is 6.07 Å². The lowest BCUT2D eigenvalue weighted by molar-refractivity contribution is 0.263. The fourth-order valence-corrected chi connectivity index (χ4v) is 3.61. The molecule has 0 aliphatic rings. The van der Waals surface area contributed by atoms with Crippen LogP contribution in [0.1, 0.15) is 33.3 Å². The summed E-state index contributed by atoms with van der Waals surface area (Å²) >= 11 is 3.24. The molecule has 0 aliphatic carbocycles. The summed E-state index contributed by atoms with van der Waals surface area (Å²) in [5.74, 6) is 0.206. The molecule has 0 amide bonds. The molecule has 0 saturated carbocycles. The molecule has 0 aliphatic heterocycles. The number of hydrogen-bond donors (Lipinski definition) is 2. The van der Waals surface area contributed by atoms with Crippen molar-refractivity contribution in [3.63, 3.8) is 0 Å². The standard InChI is InChI=1S/C14H22BrNO3S/c1-10(14(2,3)4)8-16-20(18,19)13-7-11(9-17)5-6-12(13)15/h5-7,10,16-17H,8-9H2,1-4H3. The van der Waals surface area contributed by atoms with Gasteiger partial charge in [0.15, 0.2) is 0 Å². The molecule has 1 aromatic rings. The minimum atomic E-state index is -3.59. The van der Waals surface area contributed by atoms with Crippen LogP contribution in [-0.4, -0.2) is 20.1 Å². The first-order chi connectivity index (χ1) is 9.08. The minimum absolute atomic E-state index is 0.0344. The summed E-state index contributed by atoms with van der Waals surface area (Å²) in [6.07, 6.45) is 0. The van der Waals surface area contributed by atoms with Crippen LogP contribution in [0.3, 0.4) is 0 Å². The third kappa shape index (κ3) is 4.55. The summed E-state index contributed by atoms with van der Waals surface area (Å²) in [4.78, 5) is 0.158. The van der Waals surface area contributed by atoms with Gasteiger partial charge in [-0.15, -0.1) is 0 Å². The Morgan fingerprint density at radius 2 is 1.95 bits per heavy atom. The Balaban J connectivity index is 2.95. The summed E-state index contributed by atoms with van der Waals surface area (Å²) in [5, 5.41) is 9.11. The highest BCUT2D eigenvalue weighted by molar-refractivity contribution is 9.10. The third-order valence-corrected chi connectivity index (χ3v) is 5.94. The van der Waals surface area contributed by atoms with Crippen molar-refractivity contribution in [3.8, 4) is 0 Å². The molecule has 4 nitrogen and oxygen atoms in total. The summed E-state index contributed by atoms with van der Waals surface area (Å²) in [5.41, 5.74) is 0.602. The van der Waals surface area contributed by atoms with Crippen LogP contribution in [0.15, 0.2) is 27.6 Å². The zero-order chi connectivity index (χ0) is 15.6. The van der Waals surface area contributed by atoms with Gasteiger partial charge in [-0.05, 0) is 45.0 Å². The van der Waals surface area contributed by atoms with Crippen LogP contribution in [0.2, 0.25) is 0 Å². The van der Waals surface area contributed by atoms with E-state index in [1.807, 2.05) is 6.92 Å². The monoisotopic (exact) mass is 363 g/mol. The molecule has 1 atom stereocenters. The molecule has 0 saturated heterocycles. The Labute approximate surface area is 129 Å². The van der Waals surface area contributed by atoms with Gasteiger partial charge >= 0.3 is 0 Å². The summed E-state index contributed by atoms with van der Waals surface area (Å²) < 4.78 is 27.8. The summed E-state index contributed by atoms with van der Waals surface area (Å²) in [6, 6.07) is 4.79. The molecule has 114 valence electrons. The molecule has 0 radical (unpaired) electrons. The van der Waals surface area contributed by atoms with E-state index >= 15 is 0 Å². The first-order valence-electron chi connectivity index (χ1n) is 6.47. The average Bonchev–Trinajstić information content (AvgIpc) is 2.35. The van der Waals surface area contributed by atoms with E-state index in [2.05, 4.69) is 41.4 Å². The van der Waals surface area contributed by atoms with Gasteiger partial charge in [0.1, 0.15) is 0 Å². The number of rotatable bonds is 5. The van der Waals surface area contributed by atoms with E-state index < -0.39 is 10.0 Å². The number of hydrogen-bond acceptors (Lipinski definition) is 3. The topological polar surface area (TPSA) is 66.4 Å². The maximum atomic E-state index is 12.3. The first kappa shape index (κ1) is 17.6. The van der Waals surface area contributed by atoms with Gasteiger partial charge in [-0.2, -0.15) is 0 Å². The van der Waals surface area contributed by atoms with Crippen molar-refractivity contribution in [2.24, 2.45) is 11.3 Å². The number of aliphatic hydroxyl groups is 1. The van der Waals surface area contributed by atoms with Crippen molar-refractivity contribution in [2.45, 2.75) is 39.2 Å². The van der Waals surface area contributed by atoms with Gasteiger partial charge in [0.25, 0.3) is 0 Å². The Morgan fingerprint density at radius 1 is 1.35 bits per heavy atom. The highest BCUT2D eigenvalue weighted by Crippen LogP contribution is 2.26. The van der Waals surface area contributed by atoms with Gasteiger partial charge in [-0.1, -0.05) is 33.8 Å². The smallest absolute Gasteiger partial charge is 0.241 e. The maximum absolute atomic E-state index is 12.3. The molecule has 1 rings (SSSR count). The molecule has 1 unspecified atom stereocenters. The summed E-state index contributed by atoms with van der Waals surface area (Å²) in [6.45, 7) is 8.44. The van der Waals surface area contributed by atoms with E-state index in [1.54, 1.807) is 12.1 Å². The first-order valence-corrected chi connectivity index (χ1v) is 8.74. The minimum Gasteiger partial charge on any atom is -0.392 e. The number of aliphatic hydroxyl groups excluding tert-OH is 1. The van der Waals surface area contributed by atoms with Crippen molar-refractivity contribution in [1.82, 2.24) is 4.72 Å². The predicted octanol–water partition coefficient (Wildman–Crippen LogP) is 2.90. The number of nitrogens with one attached hydrogen (secondary N) is 1.